The molecule has 108 valence electrons. The van der Waals surface area contributed by atoms with Crippen LogP contribution in [0.4, 0.5) is 8.78 Å². The van der Waals surface area contributed by atoms with E-state index in [0.717, 1.165) is 16.4 Å². The Kier molecular flexibility index (Phi) is 5.00. The van der Waals surface area contributed by atoms with E-state index in [1.807, 2.05) is 0 Å². The van der Waals surface area contributed by atoms with Gasteiger partial charge in [-0.05, 0) is 26.0 Å². The van der Waals surface area contributed by atoms with Crippen LogP contribution in [-0.4, -0.2) is 25.3 Å². The van der Waals surface area contributed by atoms with E-state index in [4.69, 9.17) is 5.73 Å². The van der Waals surface area contributed by atoms with Gasteiger partial charge >= 0.3 is 0 Å². The third-order valence-electron chi connectivity index (χ3n) is 2.83. The molecular formula is C12H18F2N2O2S. The molecule has 0 aliphatic carbocycles. The van der Waals surface area contributed by atoms with E-state index in [-0.39, 0.29) is 12.6 Å². The molecule has 0 spiro atoms. The smallest absolute Gasteiger partial charge is 0.246 e. The summed E-state index contributed by atoms with van der Waals surface area (Å²) >= 11 is 0. The second-order valence-corrected chi connectivity index (χ2v) is 6.20. The molecule has 0 fully saturated rings. The molecule has 0 aromatic heterocycles. The van der Waals surface area contributed by atoms with Crippen molar-refractivity contribution in [3.05, 3.63) is 29.3 Å². The molecule has 0 atom stereocenters. The number of hydrogen-bond donors (Lipinski definition) is 1. The van der Waals surface area contributed by atoms with E-state index >= 15 is 0 Å². The zero-order valence-electron chi connectivity index (χ0n) is 11.2. The van der Waals surface area contributed by atoms with Crippen LogP contribution in [0.15, 0.2) is 17.0 Å². The lowest BCUT2D eigenvalue weighted by Gasteiger charge is -2.24. The van der Waals surface area contributed by atoms with Crippen LogP contribution in [0.3, 0.4) is 0 Å². The molecular weight excluding hydrogens is 274 g/mol. The normalized spacial score (nSPS) is 12.4. The van der Waals surface area contributed by atoms with Gasteiger partial charge in [0.15, 0.2) is 5.82 Å². The standard InChI is InChI=1S/C12H18F2N2O2S/c1-4-16(8(2)3)19(17,18)11-6-5-10(13)9(7-15)12(11)14/h5-6,8H,4,7,15H2,1-3H3. The first-order valence-corrected chi connectivity index (χ1v) is 7.40. The van der Waals surface area contributed by atoms with Gasteiger partial charge in [-0.1, -0.05) is 6.92 Å². The number of rotatable bonds is 5. The van der Waals surface area contributed by atoms with Gasteiger partial charge in [0, 0.05) is 24.7 Å². The minimum absolute atomic E-state index is 0.203. The average Bonchev–Trinajstić information content (AvgIpc) is 2.28. The topological polar surface area (TPSA) is 63.4 Å². The summed E-state index contributed by atoms with van der Waals surface area (Å²) in [5.41, 5.74) is 4.83. The maximum Gasteiger partial charge on any atom is 0.246 e. The minimum Gasteiger partial charge on any atom is -0.326 e. The van der Waals surface area contributed by atoms with Crippen LogP contribution in [0.25, 0.3) is 0 Å². The molecule has 1 aromatic carbocycles. The fourth-order valence-corrected chi connectivity index (χ4v) is 3.64. The lowest BCUT2D eigenvalue weighted by atomic mass is 10.2. The van der Waals surface area contributed by atoms with Gasteiger partial charge in [-0.25, -0.2) is 17.2 Å². The highest BCUT2D eigenvalue weighted by Gasteiger charge is 2.30. The van der Waals surface area contributed by atoms with Crippen molar-refractivity contribution in [3.8, 4) is 0 Å². The van der Waals surface area contributed by atoms with E-state index in [9.17, 15) is 17.2 Å². The van der Waals surface area contributed by atoms with Crippen LogP contribution >= 0.6 is 0 Å². The Morgan fingerprint density at radius 2 is 1.89 bits per heavy atom. The summed E-state index contributed by atoms with van der Waals surface area (Å²) in [7, 11) is -3.99. The highest BCUT2D eigenvalue weighted by atomic mass is 32.2. The number of sulfonamides is 1. The van der Waals surface area contributed by atoms with Crippen molar-refractivity contribution in [2.45, 2.75) is 38.3 Å². The van der Waals surface area contributed by atoms with Gasteiger partial charge in [-0.15, -0.1) is 0 Å². The predicted molar refractivity (Wildman–Crippen MR) is 69.0 cm³/mol. The fourth-order valence-electron chi connectivity index (χ4n) is 1.90. The van der Waals surface area contributed by atoms with Crippen molar-refractivity contribution >= 4 is 10.0 Å². The highest BCUT2D eigenvalue weighted by Crippen LogP contribution is 2.24. The van der Waals surface area contributed by atoms with Gasteiger partial charge in [-0.3, -0.25) is 0 Å². The summed E-state index contributed by atoms with van der Waals surface area (Å²) in [6, 6.07) is 1.54. The van der Waals surface area contributed by atoms with Gasteiger partial charge in [-0.2, -0.15) is 4.31 Å². The summed E-state index contributed by atoms with van der Waals surface area (Å²) in [4.78, 5) is -0.537. The van der Waals surface area contributed by atoms with Gasteiger partial charge in [0.1, 0.15) is 10.7 Å². The summed E-state index contributed by atoms with van der Waals surface area (Å²) in [5.74, 6) is -1.95. The Bertz CT molecular complexity index is 559. The number of benzene rings is 1. The molecule has 1 rings (SSSR count). The number of nitrogens with zero attached hydrogens (tertiary/aromatic N) is 1. The van der Waals surface area contributed by atoms with Crippen molar-refractivity contribution < 1.29 is 17.2 Å². The lowest BCUT2D eigenvalue weighted by molar-refractivity contribution is 0.366. The molecule has 4 nitrogen and oxygen atoms in total. The minimum atomic E-state index is -3.99. The molecule has 0 aliphatic heterocycles. The molecule has 0 saturated carbocycles. The molecule has 0 amide bonds. The Labute approximate surface area is 112 Å². The second-order valence-electron chi connectivity index (χ2n) is 4.34. The summed E-state index contributed by atoms with van der Waals surface area (Å²) in [6.07, 6.45) is 0. The molecule has 2 N–H and O–H groups in total. The van der Waals surface area contributed by atoms with Crippen LogP contribution in [-0.2, 0) is 16.6 Å². The third-order valence-corrected chi connectivity index (χ3v) is 5.00. The summed E-state index contributed by atoms with van der Waals surface area (Å²) < 4.78 is 53.2. The first-order valence-electron chi connectivity index (χ1n) is 5.96. The van der Waals surface area contributed by atoms with E-state index in [1.165, 1.54) is 0 Å². The van der Waals surface area contributed by atoms with Crippen LogP contribution in [0.5, 0.6) is 0 Å². The van der Waals surface area contributed by atoms with E-state index in [2.05, 4.69) is 0 Å². The number of halogens is 2. The van der Waals surface area contributed by atoms with Gasteiger partial charge in [0.05, 0.1) is 0 Å². The second kappa shape index (κ2) is 5.94. The Morgan fingerprint density at radius 3 is 2.32 bits per heavy atom. The maximum atomic E-state index is 14.1. The molecule has 0 heterocycles. The molecule has 0 bridgehead atoms. The Hall–Kier alpha value is -1.05. The Balaban J connectivity index is 3.46. The maximum absolute atomic E-state index is 14.1. The van der Waals surface area contributed by atoms with Crippen LogP contribution in [0.2, 0.25) is 0 Å². The molecule has 19 heavy (non-hydrogen) atoms. The number of nitrogens with two attached hydrogens (primary N) is 1. The predicted octanol–water partition coefficient (Wildman–Crippen LogP) is 1.84. The molecule has 0 aliphatic rings. The first kappa shape index (κ1) is 16.0. The van der Waals surface area contributed by atoms with Crippen LogP contribution in [0.1, 0.15) is 26.3 Å². The SMILES string of the molecule is CCN(C(C)C)S(=O)(=O)c1ccc(F)c(CN)c1F. The zero-order chi connectivity index (χ0) is 14.8. The van der Waals surface area contributed by atoms with Gasteiger partial charge < -0.3 is 5.73 Å². The Morgan fingerprint density at radius 1 is 1.32 bits per heavy atom. The van der Waals surface area contributed by atoms with Crippen molar-refractivity contribution in [3.63, 3.8) is 0 Å². The molecule has 1 aromatic rings. The molecule has 0 radical (unpaired) electrons. The monoisotopic (exact) mass is 292 g/mol. The summed E-state index contributed by atoms with van der Waals surface area (Å²) in [5, 5.41) is 0. The zero-order valence-corrected chi connectivity index (χ0v) is 12.0. The largest absolute Gasteiger partial charge is 0.326 e. The van der Waals surface area contributed by atoms with Crippen molar-refractivity contribution in [2.24, 2.45) is 5.73 Å². The van der Waals surface area contributed by atoms with E-state index < -0.39 is 38.7 Å². The fraction of sp³-hybridized carbons (Fsp3) is 0.500. The van der Waals surface area contributed by atoms with Crippen molar-refractivity contribution in [1.82, 2.24) is 4.31 Å². The van der Waals surface area contributed by atoms with Gasteiger partial charge in [0.25, 0.3) is 0 Å². The van der Waals surface area contributed by atoms with Crippen LogP contribution in [0, 0.1) is 11.6 Å². The van der Waals surface area contributed by atoms with E-state index in [0.29, 0.717) is 0 Å². The summed E-state index contributed by atoms with van der Waals surface area (Å²) in [6.45, 7) is 4.84. The van der Waals surface area contributed by atoms with Gasteiger partial charge in [0.2, 0.25) is 10.0 Å². The van der Waals surface area contributed by atoms with Crippen molar-refractivity contribution in [2.75, 3.05) is 6.54 Å². The molecule has 0 saturated heterocycles. The quantitative estimate of drug-likeness (QED) is 0.900. The van der Waals surface area contributed by atoms with E-state index in [1.54, 1.807) is 20.8 Å². The highest BCUT2D eigenvalue weighted by molar-refractivity contribution is 7.89. The van der Waals surface area contributed by atoms with Crippen molar-refractivity contribution in [1.29, 1.82) is 0 Å². The van der Waals surface area contributed by atoms with Crippen LogP contribution < -0.4 is 5.73 Å². The number of hydrogen-bond acceptors (Lipinski definition) is 3. The molecule has 7 heteroatoms. The lowest BCUT2D eigenvalue weighted by Crippen LogP contribution is -2.37. The first-order chi connectivity index (χ1) is 8.77. The average molecular weight is 292 g/mol. The third kappa shape index (κ3) is 2.93. The molecule has 0 unspecified atom stereocenters.